The maximum absolute atomic E-state index is 12.3. The van der Waals surface area contributed by atoms with E-state index in [1.54, 1.807) is 0 Å². The first-order chi connectivity index (χ1) is 18.6. The lowest BCUT2D eigenvalue weighted by Gasteiger charge is -2.35. The molecule has 2 fully saturated rings. The number of ketones is 1. The van der Waals surface area contributed by atoms with E-state index in [-0.39, 0.29) is 23.5 Å². The summed E-state index contributed by atoms with van der Waals surface area (Å²) < 4.78 is 49.3. The number of nitrogens with two attached hydrogens (primary N) is 1. The molecular weight excluding hydrogens is 592 g/mol. The average molecular weight is 617 g/mol. The van der Waals surface area contributed by atoms with E-state index < -0.39 is 89.3 Å². The number of aliphatic hydroxyl groups is 5. The highest BCUT2D eigenvalue weighted by atomic mass is 31.3. The van der Waals surface area contributed by atoms with Gasteiger partial charge in [-0.05, 0) is 0 Å². The van der Waals surface area contributed by atoms with E-state index >= 15 is 0 Å². The molecule has 0 radical (unpaired) electrons. The predicted octanol–water partition coefficient (Wildman–Crippen LogP) is -4.03. The number of hydrogen-bond donors (Lipinski definition) is 9. The van der Waals surface area contributed by atoms with Gasteiger partial charge in [0.1, 0.15) is 36.6 Å². The molecule has 23 heteroatoms. The SMILES string of the molecule is Nc1nc2c(ncn2[C@@H]2O[C@H](COP(=O)(O)OP(=O)(O)O[C@H]3O[C@@H](CCO)C(=O)[C@H](O)[C@@H]3O)[C@@H](O)[C@H]2O)c(=O)[nH]1. The highest BCUT2D eigenvalue weighted by molar-refractivity contribution is 7.61. The van der Waals surface area contributed by atoms with Crippen LogP contribution in [-0.2, 0) is 36.8 Å². The van der Waals surface area contributed by atoms with Crippen LogP contribution >= 0.6 is 15.6 Å². The minimum Gasteiger partial charge on any atom is -0.396 e. The monoisotopic (exact) mass is 617 g/mol. The highest BCUT2D eigenvalue weighted by Crippen LogP contribution is 2.61. The van der Waals surface area contributed by atoms with Crippen molar-refractivity contribution in [2.75, 3.05) is 18.9 Å². The number of hydrogen-bond acceptors (Lipinski definition) is 17. The zero-order valence-electron chi connectivity index (χ0n) is 19.9. The molecule has 0 spiro atoms. The van der Waals surface area contributed by atoms with Crippen LogP contribution in [0.4, 0.5) is 5.95 Å². The van der Waals surface area contributed by atoms with Gasteiger partial charge in [-0.1, -0.05) is 0 Å². The highest BCUT2D eigenvalue weighted by Gasteiger charge is 2.49. The number of phosphoric acid groups is 2. The fourth-order valence-electron chi connectivity index (χ4n) is 3.93. The topological polar surface area (TPSA) is 329 Å². The van der Waals surface area contributed by atoms with Crippen molar-refractivity contribution in [3.63, 3.8) is 0 Å². The summed E-state index contributed by atoms with van der Waals surface area (Å²) in [5, 5.41) is 49.5. The molecule has 10 N–H and O–H groups in total. The number of aliphatic hydroxyl groups excluding tert-OH is 5. The number of aromatic nitrogens is 4. The quantitative estimate of drug-likeness (QED) is 0.115. The van der Waals surface area contributed by atoms with Crippen molar-refractivity contribution in [2.24, 2.45) is 0 Å². The first-order valence-corrected chi connectivity index (χ1v) is 14.2. The summed E-state index contributed by atoms with van der Waals surface area (Å²) in [6, 6.07) is 0. The molecule has 2 aromatic rings. The molecule has 0 amide bonds. The van der Waals surface area contributed by atoms with E-state index in [4.69, 9.17) is 20.3 Å². The molecule has 2 saturated heterocycles. The van der Waals surface area contributed by atoms with Crippen molar-refractivity contribution in [1.82, 2.24) is 19.5 Å². The van der Waals surface area contributed by atoms with Gasteiger partial charge in [-0.2, -0.15) is 9.29 Å². The lowest BCUT2D eigenvalue weighted by atomic mass is 9.99. The molecule has 10 atom stereocenters. The standard InChI is InChI=1S/C17H25N5O16P2/c18-17-20-13-7(14(29)21-17)19-4-22(13)15-11(27)9(25)6(35-15)3-34-39(30,31)38-40(32,33)37-16-12(28)10(26)8(24)5(36-16)1-2-23/h4-6,9-12,15-16,23,25-28H,1-3H2,(H,30,31)(H,32,33)(H3,18,20,21,29)/t5-,6+,9+,10-,11+,12-,15+,16+/m0/s1. The van der Waals surface area contributed by atoms with Gasteiger partial charge in [-0.3, -0.25) is 28.2 Å². The number of H-pyrrole nitrogens is 1. The summed E-state index contributed by atoms with van der Waals surface area (Å²) in [5.41, 5.74) is 4.54. The lowest BCUT2D eigenvalue weighted by molar-refractivity contribution is -0.231. The molecule has 2 unspecified atom stereocenters. The Labute approximate surface area is 221 Å². The zero-order valence-corrected chi connectivity index (χ0v) is 21.7. The molecular formula is C17H25N5O16P2. The molecule has 2 aromatic heterocycles. The van der Waals surface area contributed by atoms with Crippen LogP contribution in [0.3, 0.4) is 0 Å². The number of Topliss-reactive ketones (excluding diaryl/α,β-unsaturated/α-hetero) is 1. The van der Waals surface area contributed by atoms with E-state index in [9.17, 15) is 48.9 Å². The van der Waals surface area contributed by atoms with Crippen LogP contribution < -0.4 is 11.3 Å². The summed E-state index contributed by atoms with van der Waals surface area (Å²) in [6.07, 6.45) is -13.8. The van der Waals surface area contributed by atoms with Crippen molar-refractivity contribution in [3.8, 4) is 0 Å². The number of nitrogen functional groups attached to an aromatic ring is 1. The molecule has 0 aliphatic carbocycles. The van der Waals surface area contributed by atoms with Crippen molar-refractivity contribution in [3.05, 3.63) is 16.7 Å². The van der Waals surface area contributed by atoms with Crippen LogP contribution in [0.2, 0.25) is 0 Å². The summed E-state index contributed by atoms with van der Waals surface area (Å²) >= 11 is 0. The molecule has 40 heavy (non-hydrogen) atoms. The predicted molar refractivity (Wildman–Crippen MR) is 124 cm³/mol. The maximum Gasteiger partial charge on any atom is 0.483 e. The summed E-state index contributed by atoms with van der Waals surface area (Å²) in [7, 11) is -11.1. The van der Waals surface area contributed by atoms with Gasteiger partial charge in [0, 0.05) is 13.0 Å². The smallest absolute Gasteiger partial charge is 0.396 e. The van der Waals surface area contributed by atoms with E-state index in [0.29, 0.717) is 0 Å². The van der Waals surface area contributed by atoms with Crippen LogP contribution in [0.15, 0.2) is 11.1 Å². The second-order valence-electron chi connectivity index (χ2n) is 8.58. The third-order valence-electron chi connectivity index (χ3n) is 5.81. The molecule has 4 heterocycles. The Hall–Kier alpha value is -2.20. The first kappa shape index (κ1) is 30.8. The van der Waals surface area contributed by atoms with E-state index in [1.807, 2.05) is 0 Å². The third-order valence-corrected chi connectivity index (χ3v) is 8.41. The van der Waals surface area contributed by atoms with Crippen LogP contribution in [0.1, 0.15) is 12.6 Å². The van der Waals surface area contributed by atoms with Gasteiger partial charge >= 0.3 is 15.6 Å². The molecule has 4 rings (SSSR count). The largest absolute Gasteiger partial charge is 0.483 e. The van der Waals surface area contributed by atoms with Crippen LogP contribution in [-0.4, -0.2) is 117 Å². The first-order valence-electron chi connectivity index (χ1n) is 11.2. The number of aromatic amines is 1. The Bertz CT molecular complexity index is 1400. The second kappa shape index (κ2) is 11.6. The average Bonchev–Trinajstić information content (AvgIpc) is 3.39. The number of phosphoric ester groups is 2. The van der Waals surface area contributed by atoms with Crippen molar-refractivity contribution < 1.29 is 72.1 Å². The molecule has 224 valence electrons. The third kappa shape index (κ3) is 6.32. The number of ether oxygens (including phenoxy) is 2. The van der Waals surface area contributed by atoms with Gasteiger partial charge in [0.2, 0.25) is 5.95 Å². The molecule has 0 saturated carbocycles. The van der Waals surface area contributed by atoms with Crippen molar-refractivity contribution in [1.29, 1.82) is 0 Å². The molecule has 2 aliphatic heterocycles. The van der Waals surface area contributed by atoms with Gasteiger partial charge < -0.3 is 50.5 Å². The second-order valence-corrected chi connectivity index (χ2v) is 11.6. The van der Waals surface area contributed by atoms with Crippen LogP contribution in [0, 0.1) is 0 Å². The maximum atomic E-state index is 12.3. The van der Waals surface area contributed by atoms with Gasteiger partial charge in [0.05, 0.1) is 12.9 Å². The summed E-state index contributed by atoms with van der Waals surface area (Å²) in [6.45, 7) is -1.59. The van der Waals surface area contributed by atoms with Gasteiger partial charge in [-0.25, -0.2) is 14.1 Å². The van der Waals surface area contributed by atoms with Crippen LogP contribution in [0.25, 0.3) is 11.2 Å². The normalized spacial score (nSPS) is 34.1. The number of carbonyl (C=O) groups excluding carboxylic acids is 1. The Kier molecular flexibility index (Phi) is 8.91. The summed E-state index contributed by atoms with van der Waals surface area (Å²) in [4.78, 5) is 53.6. The van der Waals surface area contributed by atoms with Gasteiger partial charge in [-0.15, -0.1) is 0 Å². The van der Waals surface area contributed by atoms with Gasteiger partial charge in [0.15, 0.2) is 29.5 Å². The number of anilines is 1. The van der Waals surface area contributed by atoms with Crippen LogP contribution in [0.5, 0.6) is 0 Å². The minimum absolute atomic E-state index is 0.117. The zero-order chi connectivity index (χ0) is 29.6. The Balaban J connectivity index is 1.39. The van der Waals surface area contributed by atoms with Gasteiger partial charge in [0.25, 0.3) is 5.56 Å². The number of nitrogens with one attached hydrogen (secondary N) is 1. The van der Waals surface area contributed by atoms with Crippen molar-refractivity contribution >= 4 is 38.5 Å². The Morgan fingerprint density at radius 3 is 2.45 bits per heavy atom. The number of fused-ring (bicyclic) bond motifs is 1. The summed E-state index contributed by atoms with van der Waals surface area (Å²) in [5.74, 6) is -1.33. The fourth-order valence-corrected chi connectivity index (χ4v) is 6.09. The number of imidazole rings is 1. The lowest BCUT2D eigenvalue weighted by Crippen LogP contribution is -2.55. The Morgan fingerprint density at radius 2 is 1.77 bits per heavy atom. The Morgan fingerprint density at radius 1 is 1.07 bits per heavy atom. The fraction of sp³-hybridized carbons (Fsp3) is 0.647. The van der Waals surface area contributed by atoms with Crippen molar-refractivity contribution in [2.45, 2.75) is 55.6 Å². The minimum atomic E-state index is -5.61. The number of rotatable bonds is 10. The molecule has 2 aliphatic rings. The molecule has 21 nitrogen and oxygen atoms in total. The van der Waals surface area contributed by atoms with E-state index in [1.165, 1.54) is 0 Å². The number of carbonyl (C=O) groups is 1. The number of nitrogens with zero attached hydrogens (tertiary/aromatic N) is 3. The van der Waals surface area contributed by atoms with E-state index in [2.05, 4.69) is 28.3 Å². The molecule has 0 bridgehead atoms. The molecule has 0 aromatic carbocycles. The van der Waals surface area contributed by atoms with E-state index in [0.717, 1.165) is 10.9 Å².